The average Bonchev–Trinajstić information content (AvgIpc) is 2.61. The van der Waals surface area contributed by atoms with E-state index in [1.54, 1.807) is 6.07 Å². The molecule has 0 bridgehead atoms. The molecule has 0 heterocycles. The molecule has 3 heteroatoms. The molecule has 0 aliphatic rings. The second kappa shape index (κ2) is 9.17. The Balaban J connectivity index is 1.97. The van der Waals surface area contributed by atoms with Crippen molar-refractivity contribution in [3.63, 3.8) is 0 Å². The van der Waals surface area contributed by atoms with Gasteiger partial charge in [0.1, 0.15) is 6.07 Å². The van der Waals surface area contributed by atoms with Crippen LogP contribution in [-0.4, -0.2) is 0 Å². The maximum Gasteiger partial charge on any atom is 0.177 e. The van der Waals surface area contributed by atoms with Crippen molar-refractivity contribution in [2.45, 2.75) is 51.9 Å². The lowest BCUT2D eigenvalue weighted by Crippen LogP contribution is -1.94. The first kappa shape index (κ1) is 18.1. The summed E-state index contributed by atoms with van der Waals surface area (Å²) in [4.78, 5) is 0. The summed E-state index contributed by atoms with van der Waals surface area (Å²) in [7, 11) is 0. The van der Waals surface area contributed by atoms with E-state index in [0.29, 0.717) is 5.56 Å². The number of benzene rings is 2. The van der Waals surface area contributed by atoms with E-state index in [0.717, 1.165) is 12.8 Å². The molecule has 0 unspecified atom stereocenters. The van der Waals surface area contributed by atoms with E-state index >= 15 is 0 Å². The Morgan fingerprint density at radius 1 is 0.833 bits per heavy atom. The van der Waals surface area contributed by atoms with Gasteiger partial charge in [-0.05, 0) is 36.1 Å². The molecular weight excluding hydrogens is 304 g/mol. The summed E-state index contributed by atoms with van der Waals surface area (Å²) < 4.78 is 27.8. The second-order valence-electron chi connectivity index (χ2n) is 6.12. The standard InChI is InChI=1S/C21H23F2N/c1-2-3-4-5-6-7-8-16-9-11-17(12-10-16)19-14-13-18(15-24)20(22)21(19)23/h9-14H,2-8H2,1H3. The van der Waals surface area contributed by atoms with Crippen LogP contribution in [0, 0.1) is 23.0 Å². The predicted octanol–water partition coefficient (Wildman–Crippen LogP) is 6.41. The first-order chi connectivity index (χ1) is 11.7. The second-order valence-corrected chi connectivity index (χ2v) is 6.12. The smallest absolute Gasteiger partial charge is 0.177 e. The average molecular weight is 327 g/mol. The van der Waals surface area contributed by atoms with E-state index in [9.17, 15) is 8.78 Å². The van der Waals surface area contributed by atoms with Crippen LogP contribution in [0.25, 0.3) is 11.1 Å². The molecule has 2 aromatic rings. The zero-order chi connectivity index (χ0) is 17.4. The maximum atomic E-state index is 14.1. The summed E-state index contributed by atoms with van der Waals surface area (Å²) in [5.41, 5.74) is 1.76. The summed E-state index contributed by atoms with van der Waals surface area (Å²) in [6.07, 6.45) is 8.55. The maximum absolute atomic E-state index is 14.1. The van der Waals surface area contributed by atoms with Crippen molar-refractivity contribution in [2.75, 3.05) is 0 Å². The quantitative estimate of drug-likeness (QED) is 0.514. The Morgan fingerprint density at radius 3 is 2.17 bits per heavy atom. The Morgan fingerprint density at radius 2 is 1.50 bits per heavy atom. The normalized spacial score (nSPS) is 10.6. The van der Waals surface area contributed by atoms with Gasteiger partial charge in [0.2, 0.25) is 0 Å². The lowest BCUT2D eigenvalue weighted by molar-refractivity contribution is 0.509. The zero-order valence-corrected chi connectivity index (χ0v) is 14.1. The van der Waals surface area contributed by atoms with Crippen LogP contribution in [0.1, 0.15) is 56.6 Å². The molecule has 0 aromatic heterocycles. The highest BCUT2D eigenvalue weighted by atomic mass is 19.2. The minimum Gasteiger partial charge on any atom is -0.203 e. The SMILES string of the molecule is CCCCCCCCc1ccc(-c2ccc(C#N)c(F)c2F)cc1. The molecule has 24 heavy (non-hydrogen) atoms. The van der Waals surface area contributed by atoms with Gasteiger partial charge in [-0.2, -0.15) is 5.26 Å². The van der Waals surface area contributed by atoms with E-state index < -0.39 is 11.6 Å². The molecule has 2 aromatic carbocycles. The van der Waals surface area contributed by atoms with Gasteiger partial charge in [0.25, 0.3) is 0 Å². The van der Waals surface area contributed by atoms with Gasteiger partial charge in [0.05, 0.1) is 5.56 Å². The molecule has 0 radical (unpaired) electrons. The molecular formula is C21H23F2N. The molecule has 0 fully saturated rings. The Bertz CT molecular complexity index is 699. The number of nitrogens with zero attached hydrogens (tertiary/aromatic N) is 1. The number of halogens is 2. The van der Waals surface area contributed by atoms with Crippen molar-refractivity contribution in [3.8, 4) is 17.2 Å². The van der Waals surface area contributed by atoms with E-state index in [-0.39, 0.29) is 11.1 Å². The zero-order valence-electron chi connectivity index (χ0n) is 14.1. The molecule has 0 amide bonds. The van der Waals surface area contributed by atoms with Crippen LogP contribution in [0.4, 0.5) is 8.78 Å². The molecule has 0 aliphatic heterocycles. The third-order valence-corrected chi connectivity index (χ3v) is 4.29. The van der Waals surface area contributed by atoms with Gasteiger partial charge in [0, 0.05) is 5.56 Å². The molecule has 126 valence electrons. The molecule has 1 nitrogen and oxygen atoms in total. The molecule has 0 N–H and O–H groups in total. The van der Waals surface area contributed by atoms with Crippen LogP contribution < -0.4 is 0 Å². The minimum absolute atomic E-state index is 0.192. The largest absolute Gasteiger partial charge is 0.203 e. The number of unbranched alkanes of at least 4 members (excludes halogenated alkanes) is 5. The lowest BCUT2D eigenvalue weighted by Gasteiger charge is -2.07. The van der Waals surface area contributed by atoms with Crippen LogP contribution in [0.5, 0.6) is 0 Å². The van der Waals surface area contributed by atoms with Crippen LogP contribution >= 0.6 is 0 Å². The first-order valence-corrected chi connectivity index (χ1v) is 8.64. The van der Waals surface area contributed by atoms with Crippen molar-refractivity contribution in [1.82, 2.24) is 0 Å². The Labute approximate surface area is 142 Å². The number of aryl methyl sites for hydroxylation is 1. The van der Waals surface area contributed by atoms with Crippen molar-refractivity contribution in [2.24, 2.45) is 0 Å². The summed E-state index contributed by atoms with van der Waals surface area (Å²) in [6.45, 7) is 2.21. The summed E-state index contributed by atoms with van der Waals surface area (Å²) in [6, 6.07) is 12.0. The number of rotatable bonds is 8. The van der Waals surface area contributed by atoms with Crippen molar-refractivity contribution in [1.29, 1.82) is 5.26 Å². The van der Waals surface area contributed by atoms with E-state index in [1.165, 1.54) is 49.8 Å². The Hall–Kier alpha value is -2.21. The predicted molar refractivity (Wildman–Crippen MR) is 93.6 cm³/mol. The Kier molecular flexibility index (Phi) is 6.93. The van der Waals surface area contributed by atoms with Crippen molar-refractivity contribution in [3.05, 3.63) is 59.2 Å². The molecule has 0 spiro atoms. The van der Waals surface area contributed by atoms with Crippen molar-refractivity contribution < 1.29 is 8.78 Å². The van der Waals surface area contributed by atoms with Gasteiger partial charge >= 0.3 is 0 Å². The fourth-order valence-corrected chi connectivity index (χ4v) is 2.82. The van der Waals surface area contributed by atoms with Gasteiger partial charge in [-0.3, -0.25) is 0 Å². The summed E-state index contributed by atoms with van der Waals surface area (Å²) >= 11 is 0. The van der Waals surface area contributed by atoms with E-state index in [1.807, 2.05) is 24.3 Å². The van der Waals surface area contributed by atoms with Crippen LogP contribution in [0.3, 0.4) is 0 Å². The fourth-order valence-electron chi connectivity index (χ4n) is 2.82. The van der Waals surface area contributed by atoms with Crippen LogP contribution in [0.2, 0.25) is 0 Å². The summed E-state index contributed by atoms with van der Waals surface area (Å²) in [5, 5.41) is 8.73. The fraction of sp³-hybridized carbons (Fsp3) is 0.381. The number of hydrogen-bond acceptors (Lipinski definition) is 1. The molecule has 0 atom stereocenters. The topological polar surface area (TPSA) is 23.8 Å². The summed E-state index contributed by atoms with van der Waals surface area (Å²) in [5.74, 6) is -2.04. The highest BCUT2D eigenvalue weighted by Crippen LogP contribution is 2.26. The molecule has 0 aliphatic carbocycles. The van der Waals surface area contributed by atoms with Gasteiger partial charge < -0.3 is 0 Å². The number of nitriles is 1. The monoisotopic (exact) mass is 327 g/mol. The van der Waals surface area contributed by atoms with Crippen molar-refractivity contribution >= 4 is 0 Å². The highest BCUT2D eigenvalue weighted by molar-refractivity contribution is 5.65. The highest BCUT2D eigenvalue weighted by Gasteiger charge is 2.14. The van der Waals surface area contributed by atoms with Gasteiger partial charge in [-0.15, -0.1) is 0 Å². The first-order valence-electron chi connectivity index (χ1n) is 8.64. The van der Waals surface area contributed by atoms with Gasteiger partial charge in [-0.1, -0.05) is 63.3 Å². The lowest BCUT2D eigenvalue weighted by atomic mass is 9.99. The molecule has 0 saturated carbocycles. The van der Waals surface area contributed by atoms with Crippen LogP contribution in [0.15, 0.2) is 36.4 Å². The van der Waals surface area contributed by atoms with E-state index in [4.69, 9.17) is 5.26 Å². The minimum atomic E-state index is -1.08. The van der Waals surface area contributed by atoms with Gasteiger partial charge in [-0.25, -0.2) is 8.78 Å². The van der Waals surface area contributed by atoms with Crippen LogP contribution in [-0.2, 0) is 6.42 Å². The molecule has 2 rings (SSSR count). The molecule has 0 saturated heterocycles. The third kappa shape index (κ3) is 4.64. The third-order valence-electron chi connectivity index (χ3n) is 4.29. The van der Waals surface area contributed by atoms with E-state index in [2.05, 4.69) is 6.92 Å². The van der Waals surface area contributed by atoms with Gasteiger partial charge in [0.15, 0.2) is 11.6 Å². The number of hydrogen-bond donors (Lipinski definition) is 0.